The molecular weight excluding hydrogens is 371 g/mol. The second-order valence-electron chi connectivity index (χ2n) is 5.67. The van der Waals surface area contributed by atoms with Crippen LogP contribution in [0.15, 0.2) is 30.5 Å². The Kier molecular flexibility index (Phi) is 6.92. The zero-order chi connectivity index (χ0) is 16.2. The lowest BCUT2D eigenvalue weighted by Gasteiger charge is -2.22. The van der Waals surface area contributed by atoms with E-state index < -0.39 is 0 Å². The summed E-state index contributed by atoms with van der Waals surface area (Å²) in [6.45, 7) is 2.70. The Balaban J connectivity index is 0.00000208. The van der Waals surface area contributed by atoms with Gasteiger partial charge in [-0.15, -0.1) is 12.4 Å². The van der Waals surface area contributed by atoms with Gasteiger partial charge < -0.3 is 10.6 Å². The van der Waals surface area contributed by atoms with Crippen molar-refractivity contribution in [2.75, 3.05) is 19.6 Å². The van der Waals surface area contributed by atoms with Crippen LogP contribution in [-0.4, -0.2) is 35.3 Å². The molecule has 8 heteroatoms. The summed E-state index contributed by atoms with van der Waals surface area (Å²) >= 11 is 11.9. The summed E-state index contributed by atoms with van der Waals surface area (Å²) in [4.78, 5) is 12.2. The van der Waals surface area contributed by atoms with Gasteiger partial charge in [0, 0.05) is 12.7 Å². The first-order valence-electron chi connectivity index (χ1n) is 7.63. The van der Waals surface area contributed by atoms with E-state index in [0.29, 0.717) is 28.2 Å². The fourth-order valence-corrected chi connectivity index (χ4v) is 2.93. The maximum atomic E-state index is 12.2. The van der Waals surface area contributed by atoms with Gasteiger partial charge in [0.15, 0.2) is 5.69 Å². The number of aromatic nitrogens is 2. The van der Waals surface area contributed by atoms with E-state index in [1.54, 1.807) is 35.1 Å². The smallest absolute Gasteiger partial charge is 0.271 e. The van der Waals surface area contributed by atoms with Crippen LogP contribution >= 0.6 is 35.6 Å². The van der Waals surface area contributed by atoms with E-state index in [-0.39, 0.29) is 18.3 Å². The molecule has 1 atom stereocenters. The van der Waals surface area contributed by atoms with E-state index in [9.17, 15) is 4.79 Å². The maximum absolute atomic E-state index is 12.2. The first kappa shape index (κ1) is 19.1. The van der Waals surface area contributed by atoms with Gasteiger partial charge in [-0.05, 0) is 56.1 Å². The lowest BCUT2D eigenvalue weighted by atomic mass is 10.00. The molecule has 1 aromatic carbocycles. The predicted octanol–water partition coefficient (Wildman–Crippen LogP) is 3.33. The fraction of sp³-hybridized carbons (Fsp3) is 0.375. The molecule has 3 rings (SSSR count). The molecule has 5 nitrogen and oxygen atoms in total. The molecule has 1 fully saturated rings. The quantitative estimate of drug-likeness (QED) is 0.843. The van der Waals surface area contributed by atoms with Gasteiger partial charge in [0.05, 0.1) is 15.7 Å². The molecule has 1 aliphatic heterocycles. The third-order valence-electron chi connectivity index (χ3n) is 3.94. The van der Waals surface area contributed by atoms with E-state index in [2.05, 4.69) is 15.7 Å². The molecule has 0 aliphatic carbocycles. The van der Waals surface area contributed by atoms with Crippen molar-refractivity contribution in [2.45, 2.75) is 12.8 Å². The molecule has 0 saturated carbocycles. The molecular formula is C16H19Cl3N4O. The minimum absolute atomic E-state index is 0. The first-order valence-corrected chi connectivity index (χ1v) is 8.39. The molecule has 1 aromatic heterocycles. The third kappa shape index (κ3) is 4.63. The van der Waals surface area contributed by atoms with Crippen molar-refractivity contribution in [3.63, 3.8) is 0 Å². The van der Waals surface area contributed by atoms with Crippen LogP contribution < -0.4 is 10.6 Å². The minimum atomic E-state index is -0.158. The lowest BCUT2D eigenvalue weighted by Crippen LogP contribution is -2.38. The van der Waals surface area contributed by atoms with Crippen molar-refractivity contribution in [1.29, 1.82) is 0 Å². The Bertz CT molecular complexity index is 698. The fourth-order valence-electron chi connectivity index (χ4n) is 2.64. The highest BCUT2D eigenvalue weighted by Gasteiger charge is 2.16. The predicted molar refractivity (Wildman–Crippen MR) is 98.8 cm³/mol. The van der Waals surface area contributed by atoms with Gasteiger partial charge in [-0.1, -0.05) is 23.2 Å². The Morgan fingerprint density at radius 2 is 2.17 bits per heavy atom. The van der Waals surface area contributed by atoms with E-state index >= 15 is 0 Å². The van der Waals surface area contributed by atoms with Crippen LogP contribution in [0.3, 0.4) is 0 Å². The van der Waals surface area contributed by atoms with Gasteiger partial charge in [0.25, 0.3) is 5.91 Å². The van der Waals surface area contributed by atoms with Gasteiger partial charge >= 0.3 is 0 Å². The maximum Gasteiger partial charge on any atom is 0.271 e. The normalized spacial score (nSPS) is 17.2. The second kappa shape index (κ2) is 8.72. The summed E-state index contributed by atoms with van der Waals surface area (Å²) in [5.41, 5.74) is 1.15. The monoisotopic (exact) mass is 388 g/mol. The third-order valence-corrected chi connectivity index (χ3v) is 4.68. The first-order chi connectivity index (χ1) is 11.1. The molecule has 2 N–H and O–H groups in total. The van der Waals surface area contributed by atoms with Crippen molar-refractivity contribution in [3.8, 4) is 5.69 Å². The van der Waals surface area contributed by atoms with Crippen molar-refractivity contribution in [2.24, 2.45) is 5.92 Å². The Morgan fingerprint density at radius 3 is 2.88 bits per heavy atom. The average Bonchev–Trinajstić information content (AvgIpc) is 3.06. The summed E-state index contributed by atoms with van der Waals surface area (Å²) in [5, 5.41) is 11.5. The topological polar surface area (TPSA) is 59.0 Å². The molecule has 1 aliphatic rings. The molecule has 130 valence electrons. The number of halogens is 3. The zero-order valence-corrected chi connectivity index (χ0v) is 15.3. The van der Waals surface area contributed by atoms with Crippen LogP contribution in [0.5, 0.6) is 0 Å². The molecule has 2 heterocycles. The molecule has 0 radical (unpaired) electrons. The van der Waals surface area contributed by atoms with Gasteiger partial charge in [0.2, 0.25) is 0 Å². The number of piperidine rings is 1. The van der Waals surface area contributed by atoms with Crippen molar-refractivity contribution in [3.05, 3.63) is 46.2 Å². The summed E-state index contributed by atoms with van der Waals surface area (Å²) in [6.07, 6.45) is 4.04. The molecule has 1 amide bonds. The summed E-state index contributed by atoms with van der Waals surface area (Å²) in [5.74, 6) is 0.333. The van der Waals surface area contributed by atoms with Crippen molar-refractivity contribution < 1.29 is 4.79 Å². The standard InChI is InChI=1S/C16H18Cl2N4O.ClH/c17-13-4-3-12(8-14(13)18)22-7-5-15(21-22)16(23)20-10-11-2-1-6-19-9-11;/h3-5,7-8,11,19H,1-2,6,9-10H2,(H,20,23);1H. The number of carbonyl (C=O) groups excluding carboxylic acids is 1. The van der Waals surface area contributed by atoms with Crippen LogP contribution in [0.2, 0.25) is 10.0 Å². The SMILES string of the molecule is Cl.O=C(NCC1CCCNC1)c1ccn(-c2ccc(Cl)c(Cl)c2)n1. The highest BCUT2D eigenvalue weighted by molar-refractivity contribution is 6.42. The van der Waals surface area contributed by atoms with E-state index in [0.717, 1.165) is 31.6 Å². The van der Waals surface area contributed by atoms with Crippen LogP contribution in [0.25, 0.3) is 5.69 Å². The number of hydrogen-bond donors (Lipinski definition) is 2. The number of hydrogen-bond acceptors (Lipinski definition) is 3. The van der Waals surface area contributed by atoms with Gasteiger partial charge in [-0.25, -0.2) is 4.68 Å². The summed E-state index contributed by atoms with van der Waals surface area (Å²) < 4.78 is 1.61. The van der Waals surface area contributed by atoms with Crippen LogP contribution in [0.1, 0.15) is 23.3 Å². The van der Waals surface area contributed by atoms with E-state index in [1.165, 1.54) is 0 Å². The average molecular weight is 390 g/mol. The lowest BCUT2D eigenvalue weighted by molar-refractivity contribution is 0.0939. The van der Waals surface area contributed by atoms with E-state index in [4.69, 9.17) is 23.2 Å². The van der Waals surface area contributed by atoms with Crippen LogP contribution in [0, 0.1) is 5.92 Å². The number of amides is 1. The van der Waals surface area contributed by atoms with Gasteiger partial charge in [-0.3, -0.25) is 4.79 Å². The minimum Gasteiger partial charge on any atom is -0.350 e. The highest BCUT2D eigenvalue weighted by Crippen LogP contribution is 2.24. The Hall–Kier alpha value is -1.27. The number of rotatable bonds is 4. The zero-order valence-electron chi connectivity index (χ0n) is 13.0. The molecule has 0 bridgehead atoms. The number of nitrogens with zero attached hydrogens (tertiary/aromatic N) is 2. The molecule has 2 aromatic rings. The molecule has 1 saturated heterocycles. The summed E-state index contributed by atoms with van der Waals surface area (Å²) in [6, 6.07) is 6.91. The second-order valence-corrected chi connectivity index (χ2v) is 6.48. The molecule has 1 unspecified atom stereocenters. The number of nitrogens with one attached hydrogen (secondary N) is 2. The van der Waals surface area contributed by atoms with Crippen LogP contribution in [0.4, 0.5) is 0 Å². The highest BCUT2D eigenvalue weighted by atomic mass is 35.5. The Morgan fingerprint density at radius 1 is 1.33 bits per heavy atom. The van der Waals surface area contributed by atoms with Gasteiger partial charge in [-0.2, -0.15) is 5.10 Å². The number of benzene rings is 1. The van der Waals surface area contributed by atoms with Crippen LogP contribution in [-0.2, 0) is 0 Å². The largest absolute Gasteiger partial charge is 0.350 e. The molecule has 24 heavy (non-hydrogen) atoms. The Labute approximate surface area is 157 Å². The van der Waals surface area contributed by atoms with Gasteiger partial charge in [0.1, 0.15) is 0 Å². The van der Waals surface area contributed by atoms with Crippen molar-refractivity contribution >= 4 is 41.5 Å². The summed E-state index contributed by atoms with van der Waals surface area (Å²) in [7, 11) is 0. The van der Waals surface area contributed by atoms with Crippen molar-refractivity contribution in [1.82, 2.24) is 20.4 Å². The van der Waals surface area contributed by atoms with E-state index in [1.807, 2.05) is 0 Å². The molecule has 0 spiro atoms. The number of carbonyl (C=O) groups is 1.